The molecule has 4 nitrogen and oxygen atoms in total. The summed E-state index contributed by atoms with van der Waals surface area (Å²) in [6, 6.07) is 1.75. The van der Waals surface area contributed by atoms with Crippen molar-refractivity contribution >= 4 is 45.1 Å². The lowest BCUT2D eigenvalue weighted by atomic mass is 10.2. The van der Waals surface area contributed by atoms with Crippen LogP contribution in [-0.2, 0) is 11.4 Å². The van der Waals surface area contributed by atoms with Crippen molar-refractivity contribution in [1.82, 2.24) is 0 Å². The van der Waals surface area contributed by atoms with E-state index in [0.717, 1.165) is 0 Å². The molecule has 0 aliphatic heterocycles. The van der Waals surface area contributed by atoms with Crippen LogP contribution in [-0.4, -0.2) is 28.7 Å². The summed E-state index contributed by atoms with van der Waals surface area (Å²) in [4.78, 5) is 0. The molecule has 0 amide bonds. The first-order valence-electron chi connectivity index (χ1n) is 6.96. The van der Waals surface area contributed by atoms with Crippen molar-refractivity contribution in [1.29, 1.82) is 0 Å². The third-order valence-corrected chi connectivity index (χ3v) is 5.04. The zero-order valence-electron chi connectivity index (χ0n) is 13.4. The first-order valence-corrected chi connectivity index (χ1v) is 9.23. The molecule has 0 aromatic heterocycles. The predicted molar refractivity (Wildman–Crippen MR) is 97.0 cm³/mol. The van der Waals surface area contributed by atoms with Crippen LogP contribution in [0.1, 0.15) is 40.2 Å². The smallest absolute Gasteiger partial charge is 0.156 e. The van der Waals surface area contributed by atoms with Gasteiger partial charge in [-0.2, -0.15) is 0 Å². The molecule has 0 fully saturated rings. The van der Waals surface area contributed by atoms with Gasteiger partial charge in [0.2, 0.25) is 0 Å². The summed E-state index contributed by atoms with van der Waals surface area (Å²) < 4.78 is 27.5. The monoisotopic (exact) mass is 409 g/mol. The minimum atomic E-state index is -1.35. The zero-order valence-corrected chi connectivity index (χ0v) is 16.6. The van der Waals surface area contributed by atoms with Crippen LogP contribution in [0.4, 0.5) is 0 Å². The molecule has 0 saturated heterocycles. The van der Waals surface area contributed by atoms with Gasteiger partial charge in [0.25, 0.3) is 0 Å². The first-order chi connectivity index (χ1) is 10.2. The molecular formula is C15H21BrClNO3S. The standard InChI is InChI=1S/C15H21BrClNO3S/c1-6-20-11-8-10(9-18-22(19)15(3,4)5)13(17)14(12(11)16)21-7-2/h8-9H,6-7H2,1-5H3. The van der Waals surface area contributed by atoms with Crippen molar-refractivity contribution in [2.45, 2.75) is 39.4 Å². The molecule has 1 rings (SSSR count). The Bertz CT molecular complexity index is 547. The molecule has 0 aliphatic carbocycles. The number of hydrogen-bond acceptors (Lipinski definition) is 4. The van der Waals surface area contributed by atoms with Crippen molar-refractivity contribution in [3.8, 4) is 11.5 Å². The van der Waals surface area contributed by atoms with Crippen LogP contribution in [0.25, 0.3) is 0 Å². The van der Waals surface area contributed by atoms with Gasteiger partial charge in [0.15, 0.2) is 5.75 Å². The van der Waals surface area contributed by atoms with Gasteiger partial charge < -0.3 is 14.0 Å². The molecule has 7 heteroatoms. The molecule has 0 saturated carbocycles. The Kier molecular flexibility index (Phi) is 7.52. The van der Waals surface area contributed by atoms with Crippen molar-refractivity contribution in [3.05, 3.63) is 21.1 Å². The van der Waals surface area contributed by atoms with Crippen LogP contribution in [0.5, 0.6) is 11.5 Å². The molecule has 124 valence electrons. The lowest BCUT2D eigenvalue weighted by Crippen LogP contribution is -2.25. The minimum absolute atomic E-state index is 0.409. The van der Waals surface area contributed by atoms with Crippen molar-refractivity contribution in [3.63, 3.8) is 0 Å². The summed E-state index contributed by atoms with van der Waals surface area (Å²) in [7, 11) is 0. The van der Waals surface area contributed by atoms with Crippen molar-refractivity contribution < 1.29 is 14.0 Å². The Morgan fingerprint density at radius 3 is 2.41 bits per heavy atom. The lowest BCUT2D eigenvalue weighted by Gasteiger charge is -2.18. The number of benzene rings is 1. The minimum Gasteiger partial charge on any atom is -0.591 e. The molecule has 0 spiro atoms. The van der Waals surface area contributed by atoms with Crippen molar-refractivity contribution in [2.75, 3.05) is 13.2 Å². The maximum Gasteiger partial charge on any atom is 0.156 e. The summed E-state index contributed by atoms with van der Waals surface area (Å²) in [5.74, 6) is 1.11. The number of ether oxygens (including phenoxy) is 2. The van der Waals surface area contributed by atoms with Crippen LogP contribution in [0.15, 0.2) is 14.9 Å². The highest BCUT2D eigenvalue weighted by Crippen LogP contribution is 2.42. The Balaban J connectivity index is 3.26. The molecule has 1 aromatic carbocycles. The Morgan fingerprint density at radius 1 is 1.32 bits per heavy atom. The van der Waals surface area contributed by atoms with E-state index in [4.69, 9.17) is 21.1 Å². The maximum absolute atomic E-state index is 12.0. The van der Waals surface area contributed by atoms with Gasteiger partial charge in [-0.15, -0.1) is 0 Å². The highest BCUT2D eigenvalue weighted by Gasteiger charge is 2.26. The Hall–Kier alpha value is -0.430. The summed E-state index contributed by atoms with van der Waals surface area (Å²) >= 11 is 8.45. The topological polar surface area (TPSA) is 53.9 Å². The zero-order chi connectivity index (χ0) is 16.9. The quantitative estimate of drug-likeness (QED) is 0.501. The Morgan fingerprint density at radius 2 is 1.91 bits per heavy atom. The van der Waals surface area contributed by atoms with Gasteiger partial charge in [-0.25, -0.2) is 0 Å². The van der Waals surface area contributed by atoms with E-state index in [1.807, 2.05) is 34.6 Å². The fourth-order valence-electron chi connectivity index (χ4n) is 1.50. The third kappa shape index (κ3) is 5.05. The fraction of sp³-hybridized carbons (Fsp3) is 0.533. The van der Waals surface area contributed by atoms with Crippen LogP contribution in [0.2, 0.25) is 5.02 Å². The molecule has 0 aliphatic rings. The normalized spacial score (nSPS) is 13.5. The van der Waals surface area contributed by atoms with Gasteiger partial charge in [-0.3, -0.25) is 0 Å². The Labute approximate surface area is 148 Å². The van der Waals surface area contributed by atoms with Crippen LogP contribution >= 0.6 is 27.5 Å². The molecule has 1 aromatic rings. The van der Waals surface area contributed by atoms with Gasteiger partial charge in [-0.05, 0) is 56.6 Å². The average Bonchev–Trinajstić information content (AvgIpc) is 2.44. The summed E-state index contributed by atoms with van der Waals surface area (Å²) in [5, 5.41) is 0.409. The van der Waals surface area contributed by atoms with Crippen LogP contribution < -0.4 is 9.47 Å². The van der Waals surface area contributed by atoms with E-state index in [2.05, 4.69) is 20.3 Å². The second-order valence-electron chi connectivity index (χ2n) is 5.38. The van der Waals surface area contributed by atoms with Crippen molar-refractivity contribution in [2.24, 2.45) is 4.40 Å². The third-order valence-electron chi connectivity index (χ3n) is 2.55. The number of nitrogens with zero attached hydrogens (tertiary/aromatic N) is 1. The van der Waals surface area contributed by atoms with E-state index >= 15 is 0 Å². The molecule has 1 unspecified atom stereocenters. The number of rotatable bonds is 6. The van der Waals surface area contributed by atoms with E-state index in [-0.39, 0.29) is 0 Å². The van der Waals surface area contributed by atoms with Gasteiger partial charge >= 0.3 is 0 Å². The van der Waals surface area contributed by atoms with E-state index in [1.54, 1.807) is 6.07 Å². The van der Waals surface area contributed by atoms with E-state index in [1.165, 1.54) is 6.21 Å². The summed E-state index contributed by atoms with van der Waals surface area (Å²) in [6.07, 6.45) is 1.50. The number of halogens is 2. The predicted octanol–water partition coefficient (Wildman–Crippen LogP) is 4.78. The molecule has 22 heavy (non-hydrogen) atoms. The average molecular weight is 411 g/mol. The largest absolute Gasteiger partial charge is 0.591 e. The lowest BCUT2D eigenvalue weighted by molar-refractivity contribution is 0.319. The molecule has 0 radical (unpaired) electrons. The summed E-state index contributed by atoms with van der Waals surface area (Å²) in [6.45, 7) is 10.3. The first kappa shape index (κ1) is 19.6. The van der Waals surface area contributed by atoms with Gasteiger partial charge in [0.1, 0.15) is 26.3 Å². The molecular weight excluding hydrogens is 390 g/mol. The van der Waals surface area contributed by atoms with Crippen LogP contribution in [0, 0.1) is 0 Å². The van der Waals surface area contributed by atoms with E-state index in [0.29, 0.717) is 39.8 Å². The second kappa shape index (κ2) is 8.43. The molecule has 0 bridgehead atoms. The second-order valence-corrected chi connectivity index (χ2v) is 8.49. The fourth-order valence-corrected chi connectivity index (χ4v) is 2.93. The molecule has 1 atom stereocenters. The SMILES string of the molecule is CCOc1cc(C=N[S+]([O-])C(C)(C)C)c(Cl)c(OCC)c1Br. The van der Waals surface area contributed by atoms with E-state index < -0.39 is 16.1 Å². The highest BCUT2D eigenvalue weighted by atomic mass is 79.9. The summed E-state index contributed by atoms with van der Waals surface area (Å²) in [5.41, 5.74) is 0.606. The van der Waals surface area contributed by atoms with Gasteiger partial charge in [0, 0.05) is 5.56 Å². The van der Waals surface area contributed by atoms with Crippen LogP contribution in [0.3, 0.4) is 0 Å². The molecule has 0 heterocycles. The van der Waals surface area contributed by atoms with E-state index in [9.17, 15) is 4.55 Å². The molecule has 0 N–H and O–H groups in total. The van der Waals surface area contributed by atoms with Gasteiger partial charge in [-0.1, -0.05) is 16.0 Å². The number of hydrogen-bond donors (Lipinski definition) is 0. The highest BCUT2D eigenvalue weighted by molar-refractivity contribution is 9.10. The van der Waals surface area contributed by atoms with Gasteiger partial charge in [0.05, 0.1) is 24.5 Å². The maximum atomic E-state index is 12.0.